The van der Waals surface area contributed by atoms with E-state index in [0.717, 1.165) is 30.2 Å². The molecule has 4 heteroatoms. The van der Waals surface area contributed by atoms with Gasteiger partial charge in [0.1, 0.15) is 0 Å². The normalized spacial score (nSPS) is 20.5. The maximum atomic E-state index is 6.11. The fraction of sp³-hybridized carbons (Fsp3) is 0.571. The number of thioether (sulfide) groups is 1. The molecule has 0 aromatic heterocycles. The minimum atomic E-state index is 0.403. The monoisotopic (exact) mass is 285 g/mol. The molecule has 0 radical (unpaired) electrons. The van der Waals surface area contributed by atoms with Crippen molar-refractivity contribution in [3.05, 3.63) is 28.8 Å². The number of nitrogens with one attached hydrogen (secondary N) is 1. The van der Waals surface area contributed by atoms with Gasteiger partial charge in [-0.2, -0.15) is 0 Å². The summed E-state index contributed by atoms with van der Waals surface area (Å²) in [5, 5.41) is 4.52. The van der Waals surface area contributed by atoms with Gasteiger partial charge < -0.3 is 10.1 Å². The molecule has 1 aromatic carbocycles. The summed E-state index contributed by atoms with van der Waals surface area (Å²) in [5.41, 5.74) is 1.34. The van der Waals surface area contributed by atoms with E-state index in [-0.39, 0.29) is 0 Å². The first-order valence-corrected chi connectivity index (χ1v) is 7.78. The third-order valence-corrected chi connectivity index (χ3v) is 4.67. The Bertz CT molecular complexity index is 399. The van der Waals surface area contributed by atoms with Gasteiger partial charge in [-0.1, -0.05) is 18.5 Å². The number of fused-ring (bicyclic) bond motifs is 1. The molecule has 0 amide bonds. The van der Waals surface area contributed by atoms with Crippen molar-refractivity contribution < 1.29 is 4.74 Å². The summed E-state index contributed by atoms with van der Waals surface area (Å²) in [6.45, 7) is 2.95. The molecule has 1 aliphatic heterocycles. The highest BCUT2D eigenvalue weighted by Crippen LogP contribution is 2.37. The first-order chi connectivity index (χ1) is 8.74. The van der Waals surface area contributed by atoms with Gasteiger partial charge in [0.05, 0.1) is 6.61 Å². The first-order valence-electron chi connectivity index (χ1n) is 6.41. The SMILES string of the molecule is CCC(COC)NC1CCSc2ccc(Cl)cc21. The molecular formula is C14H20ClNOS. The molecule has 1 N–H and O–H groups in total. The molecule has 1 aliphatic rings. The summed E-state index contributed by atoms with van der Waals surface area (Å²) >= 11 is 8.03. The molecule has 18 heavy (non-hydrogen) atoms. The molecule has 2 atom stereocenters. The molecule has 0 saturated heterocycles. The van der Waals surface area contributed by atoms with Crippen LogP contribution < -0.4 is 5.32 Å². The van der Waals surface area contributed by atoms with E-state index >= 15 is 0 Å². The van der Waals surface area contributed by atoms with Gasteiger partial charge in [0.25, 0.3) is 0 Å². The lowest BCUT2D eigenvalue weighted by Gasteiger charge is -2.29. The Balaban J connectivity index is 2.13. The minimum Gasteiger partial charge on any atom is -0.383 e. The van der Waals surface area contributed by atoms with Crippen LogP contribution in [0.5, 0.6) is 0 Å². The van der Waals surface area contributed by atoms with Crippen molar-refractivity contribution in [1.82, 2.24) is 5.32 Å². The van der Waals surface area contributed by atoms with Crippen LogP contribution in [-0.2, 0) is 4.74 Å². The number of hydrogen-bond donors (Lipinski definition) is 1. The first kappa shape index (κ1) is 14.2. The van der Waals surface area contributed by atoms with Crippen molar-refractivity contribution in [2.24, 2.45) is 0 Å². The molecule has 0 spiro atoms. The number of rotatable bonds is 5. The average molecular weight is 286 g/mol. The molecule has 1 aromatic rings. The largest absolute Gasteiger partial charge is 0.383 e. The van der Waals surface area contributed by atoms with Crippen LogP contribution in [0.4, 0.5) is 0 Å². The van der Waals surface area contributed by atoms with Crippen molar-refractivity contribution >= 4 is 23.4 Å². The van der Waals surface area contributed by atoms with Gasteiger partial charge in [-0.15, -0.1) is 11.8 Å². The molecular weight excluding hydrogens is 266 g/mol. The lowest BCUT2D eigenvalue weighted by atomic mass is 10.0. The molecule has 0 fully saturated rings. The predicted octanol–water partition coefficient (Wildman–Crippen LogP) is 3.89. The second-order valence-corrected chi connectivity index (χ2v) is 6.17. The Morgan fingerprint density at radius 2 is 2.39 bits per heavy atom. The van der Waals surface area contributed by atoms with Crippen LogP contribution >= 0.6 is 23.4 Å². The van der Waals surface area contributed by atoms with E-state index in [1.54, 1.807) is 7.11 Å². The maximum Gasteiger partial charge on any atom is 0.0615 e. The lowest BCUT2D eigenvalue weighted by Crippen LogP contribution is -2.37. The summed E-state index contributed by atoms with van der Waals surface area (Å²) in [4.78, 5) is 1.36. The molecule has 2 nitrogen and oxygen atoms in total. The van der Waals surface area contributed by atoms with Crippen LogP contribution in [0, 0.1) is 0 Å². The minimum absolute atomic E-state index is 0.403. The number of halogens is 1. The summed E-state index contributed by atoms with van der Waals surface area (Å²) in [5.74, 6) is 1.16. The van der Waals surface area contributed by atoms with Crippen molar-refractivity contribution in [1.29, 1.82) is 0 Å². The fourth-order valence-corrected chi connectivity index (χ4v) is 3.59. The van der Waals surface area contributed by atoms with Gasteiger partial charge in [-0.3, -0.25) is 0 Å². The molecule has 2 rings (SSSR count). The van der Waals surface area contributed by atoms with E-state index < -0.39 is 0 Å². The number of benzene rings is 1. The zero-order chi connectivity index (χ0) is 13.0. The molecule has 0 aliphatic carbocycles. The van der Waals surface area contributed by atoms with Crippen molar-refractivity contribution in [2.75, 3.05) is 19.5 Å². The van der Waals surface area contributed by atoms with Crippen LogP contribution in [0.2, 0.25) is 5.02 Å². The van der Waals surface area contributed by atoms with Gasteiger partial charge in [0, 0.05) is 29.1 Å². The van der Waals surface area contributed by atoms with Crippen LogP contribution in [0.3, 0.4) is 0 Å². The summed E-state index contributed by atoms with van der Waals surface area (Å²) in [7, 11) is 1.76. The maximum absolute atomic E-state index is 6.11. The van der Waals surface area contributed by atoms with Crippen LogP contribution in [-0.4, -0.2) is 25.5 Å². The number of ether oxygens (including phenoxy) is 1. The zero-order valence-corrected chi connectivity index (χ0v) is 12.5. The number of methoxy groups -OCH3 is 1. The smallest absolute Gasteiger partial charge is 0.0615 e. The summed E-state index contributed by atoms with van der Waals surface area (Å²) in [6.07, 6.45) is 2.23. The Hall–Kier alpha value is -0.220. The Morgan fingerprint density at radius 1 is 1.56 bits per heavy atom. The van der Waals surface area contributed by atoms with E-state index in [9.17, 15) is 0 Å². The van der Waals surface area contributed by atoms with E-state index in [1.165, 1.54) is 10.5 Å². The second-order valence-electron chi connectivity index (χ2n) is 4.60. The quantitative estimate of drug-likeness (QED) is 0.887. The van der Waals surface area contributed by atoms with Gasteiger partial charge in [0.15, 0.2) is 0 Å². The van der Waals surface area contributed by atoms with Crippen LogP contribution in [0.1, 0.15) is 31.4 Å². The molecule has 0 saturated carbocycles. The van der Waals surface area contributed by atoms with Gasteiger partial charge >= 0.3 is 0 Å². The topological polar surface area (TPSA) is 21.3 Å². The molecule has 100 valence electrons. The predicted molar refractivity (Wildman–Crippen MR) is 78.6 cm³/mol. The second kappa shape index (κ2) is 6.80. The summed E-state index contributed by atoms with van der Waals surface area (Å²) in [6, 6.07) is 7.02. The van der Waals surface area contributed by atoms with Gasteiger partial charge in [0.2, 0.25) is 0 Å². The highest BCUT2D eigenvalue weighted by Gasteiger charge is 2.22. The third kappa shape index (κ3) is 3.41. The average Bonchev–Trinajstić information content (AvgIpc) is 2.38. The summed E-state index contributed by atoms with van der Waals surface area (Å²) < 4.78 is 5.25. The highest BCUT2D eigenvalue weighted by atomic mass is 35.5. The van der Waals surface area contributed by atoms with E-state index in [0.29, 0.717) is 12.1 Å². The Labute approximate surface area is 118 Å². The van der Waals surface area contributed by atoms with Crippen molar-refractivity contribution in [3.8, 4) is 0 Å². The van der Waals surface area contributed by atoms with E-state index in [4.69, 9.17) is 16.3 Å². The van der Waals surface area contributed by atoms with E-state index in [2.05, 4.69) is 24.4 Å². The lowest BCUT2D eigenvalue weighted by molar-refractivity contribution is 0.157. The number of hydrogen-bond acceptors (Lipinski definition) is 3. The van der Waals surface area contributed by atoms with Crippen molar-refractivity contribution in [2.45, 2.75) is 36.7 Å². The molecule has 2 unspecified atom stereocenters. The van der Waals surface area contributed by atoms with Gasteiger partial charge in [-0.05, 0) is 42.4 Å². The standard InChI is InChI=1S/C14H20ClNOS/c1-3-11(9-17-2)16-13-6-7-18-14-5-4-10(15)8-12(13)14/h4-5,8,11,13,16H,3,6-7,9H2,1-2H3. The van der Waals surface area contributed by atoms with E-state index in [1.807, 2.05) is 17.8 Å². The molecule has 1 heterocycles. The fourth-order valence-electron chi connectivity index (χ4n) is 2.31. The Morgan fingerprint density at radius 3 is 3.11 bits per heavy atom. The third-order valence-electron chi connectivity index (χ3n) is 3.31. The highest BCUT2D eigenvalue weighted by molar-refractivity contribution is 7.99. The van der Waals surface area contributed by atoms with Crippen molar-refractivity contribution in [3.63, 3.8) is 0 Å². The molecule has 0 bridgehead atoms. The van der Waals surface area contributed by atoms with Crippen LogP contribution in [0.15, 0.2) is 23.1 Å². The zero-order valence-electron chi connectivity index (χ0n) is 10.9. The van der Waals surface area contributed by atoms with Gasteiger partial charge in [-0.25, -0.2) is 0 Å². The Kier molecular flexibility index (Phi) is 5.37. The van der Waals surface area contributed by atoms with Crippen LogP contribution in [0.25, 0.3) is 0 Å².